The van der Waals surface area contributed by atoms with Gasteiger partial charge in [0.2, 0.25) is 0 Å². The van der Waals surface area contributed by atoms with Gasteiger partial charge < -0.3 is 5.43 Å². The Morgan fingerprint density at radius 2 is 2.06 bits per heavy atom. The van der Waals surface area contributed by atoms with Crippen molar-refractivity contribution in [3.05, 3.63) is 20.3 Å². The first-order valence-electron chi connectivity index (χ1n) is 6.51. The lowest BCUT2D eigenvalue weighted by molar-refractivity contribution is 0.583. The molecule has 3 nitrogen and oxygen atoms in total. The summed E-state index contributed by atoms with van der Waals surface area (Å²) in [5.74, 6) is 6.46. The van der Waals surface area contributed by atoms with Crippen LogP contribution in [-0.2, 0) is 0 Å². The van der Waals surface area contributed by atoms with Gasteiger partial charge in [0.15, 0.2) is 5.84 Å². The quantitative estimate of drug-likeness (QED) is 0.285. The zero-order valence-electron chi connectivity index (χ0n) is 10.7. The number of rotatable bonds is 2. The van der Waals surface area contributed by atoms with Crippen LogP contribution in [-0.4, -0.2) is 11.9 Å². The topological polar surface area (TPSA) is 50.4 Å². The number of hydrazine groups is 1. The van der Waals surface area contributed by atoms with Crippen LogP contribution < -0.4 is 11.3 Å². The number of nitrogens with two attached hydrogens (primary N) is 1. The predicted octanol–water partition coefficient (Wildman–Crippen LogP) is 3.75. The van der Waals surface area contributed by atoms with E-state index in [0.29, 0.717) is 6.04 Å². The van der Waals surface area contributed by atoms with Crippen molar-refractivity contribution < 1.29 is 0 Å². The molecule has 1 aliphatic carbocycles. The highest BCUT2D eigenvalue weighted by molar-refractivity contribution is 9.11. The van der Waals surface area contributed by atoms with E-state index < -0.39 is 0 Å². The minimum absolute atomic E-state index is 0.430. The lowest BCUT2D eigenvalue weighted by Crippen LogP contribution is -2.31. The monoisotopic (exact) mass is 329 g/mol. The van der Waals surface area contributed by atoms with Crippen LogP contribution in [0.2, 0.25) is 0 Å². The van der Waals surface area contributed by atoms with Crippen LogP contribution in [0.25, 0.3) is 0 Å². The second-order valence-corrected chi connectivity index (χ2v) is 7.20. The van der Waals surface area contributed by atoms with Gasteiger partial charge in [-0.15, -0.1) is 11.3 Å². The standard InChI is InChI=1S/C13H20BrN3S/c1-9-8-11(18-12(9)14)13(17-15)16-10-6-4-2-3-5-7-10/h8,10H,2-7,15H2,1H3,(H,16,17). The number of halogens is 1. The van der Waals surface area contributed by atoms with Crippen molar-refractivity contribution in [1.29, 1.82) is 0 Å². The third-order valence-corrected chi connectivity index (χ3v) is 5.51. The predicted molar refractivity (Wildman–Crippen MR) is 82.1 cm³/mol. The Kier molecular flexibility index (Phi) is 5.21. The Morgan fingerprint density at radius 1 is 1.39 bits per heavy atom. The molecule has 100 valence electrons. The van der Waals surface area contributed by atoms with E-state index >= 15 is 0 Å². The van der Waals surface area contributed by atoms with Gasteiger partial charge in [0.1, 0.15) is 0 Å². The van der Waals surface area contributed by atoms with E-state index in [0.717, 1.165) is 14.5 Å². The Bertz CT molecular complexity index is 400. The van der Waals surface area contributed by atoms with Crippen LogP contribution in [0.1, 0.15) is 49.0 Å². The summed E-state index contributed by atoms with van der Waals surface area (Å²) in [6.07, 6.45) is 7.66. The molecule has 1 aromatic heterocycles. The van der Waals surface area contributed by atoms with Gasteiger partial charge in [0.25, 0.3) is 0 Å². The van der Waals surface area contributed by atoms with Gasteiger partial charge in [0, 0.05) is 0 Å². The van der Waals surface area contributed by atoms with Crippen LogP contribution >= 0.6 is 27.3 Å². The molecular weight excluding hydrogens is 310 g/mol. The van der Waals surface area contributed by atoms with Gasteiger partial charge in [-0.3, -0.25) is 4.99 Å². The highest BCUT2D eigenvalue weighted by atomic mass is 79.9. The van der Waals surface area contributed by atoms with Crippen LogP contribution in [0.15, 0.2) is 14.8 Å². The molecule has 1 heterocycles. The molecule has 0 saturated heterocycles. The molecule has 2 rings (SSSR count). The summed E-state index contributed by atoms with van der Waals surface area (Å²) >= 11 is 5.23. The van der Waals surface area contributed by atoms with Crippen molar-refractivity contribution in [2.75, 3.05) is 0 Å². The second kappa shape index (κ2) is 6.68. The van der Waals surface area contributed by atoms with E-state index in [1.165, 1.54) is 44.1 Å². The maximum atomic E-state index is 5.63. The number of amidine groups is 1. The van der Waals surface area contributed by atoms with E-state index in [2.05, 4.69) is 34.3 Å². The molecule has 3 N–H and O–H groups in total. The van der Waals surface area contributed by atoms with E-state index in [4.69, 9.17) is 10.8 Å². The highest BCUT2D eigenvalue weighted by Crippen LogP contribution is 2.28. The molecule has 1 aliphatic rings. The number of hydrogen-bond acceptors (Lipinski definition) is 3. The average Bonchev–Trinajstić information content (AvgIpc) is 2.59. The van der Waals surface area contributed by atoms with Crippen LogP contribution in [0.3, 0.4) is 0 Å². The van der Waals surface area contributed by atoms with Crippen molar-refractivity contribution in [3.63, 3.8) is 0 Å². The summed E-state index contributed by atoms with van der Waals surface area (Å²) < 4.78 is 1.15. The van der Waals surface area contributed by atoms with E-state index in [9.17, 15) is 0 Å². The molecule has 0 unspecified atom stereocenters. The third-order valence-electron chi connectivity index (χ3n) is 3.36. The first kappa shape index (κ1) is 14.0. The lowest BCUT2D eigenvalue weighted by atomic mass is 10.1. The number of thiophene rings is 1. The molecule has 18 heavy (non-hydrogen) atoms. The minimum Gasteiger partial charge on any atom is -0.308 e. The summed E-state index contributed by atoms with van der Waals surface area (Å²) in [4.78, 5) is 5.93. The molecule has 0 bridgehead atoms. The first-order valence-corrected chi connectivity index (χ1v) is 8.12. The molecule has 0 spiro atoms. The Morgan fingerprint density at radius 3 is 2.56 bits per heavy atom. The van der Waals surface area contributed by atoms with E-state index in [1.54, 1.807) is 11.3 Å². The SMILES string of the molecule is Cc1cc(C(=NC2CCCCCC2)NN)sc1Br. The molecule has 0 radical (unpaired) electrons. The van der Waals surface area contributed by atoms with E-state index in [-0.39, 0.29) is 0 Å². The Balaban J connectivity index is 2.15. The van der Waals surface area contributed by atoms with Crippen molar-refractivity contribution in [3.8, 4) is 0 Å². The summed E-state index contributed by atoms with van der Waals surface area (Å²) in [7, 11) is 0. The van der Waals surface area contributed by atoms with Gasteiger partial charge in [-0.2, -0.15) is 0 Å². The lowest BCUT2D eigenvalue weighted by Gasteiger charge is -2.11. The summed E-state index contributed by atoms with van der Waals surface area (Å²) in [6, 6.07) is 2.56. The van der Waals surface area contributed by atoms with Crippen molar-refractivity contribution in [2.24, 2.45) is 10.8 Å². The van der Waals surface area contributed by atoms with E-state index in [1.807, 2.05) is 0 Å². The van der Waals surface area contributed by atoms with Crippen LogP contribution in [0.4, 0.5) is 0 Å². The molecule has 0 aliphatic heterocycles. The van der Waals surface area contributed by atoms with Gasteiger partial charge >= 0.3 is 0 Å². The highest BCUT2D eigenvalue weighted by Gasteiger charge is 2.14. The third kappa shape index (κ3) is 3.56. The number of aryl methyl sites for hydroxylation is 1. The summed E-state index contributed by atoms with van der Waals surface area (Å²) in [6.45, 7) is 2.09. The van der Waals surface area contributed by atoms with Crippen molar-refractivity contribution >= 4 is 33.1 Å². The number of hydrogen-bond donors (Lipinski definition) is 2. The molecular formula is C13H20BrN3S. The second-order valence-electron chi connectivity index (χ2n) is 4.83. The molecule has 1 saturated carbocycles. The zero-order chi connectivity index (χ0) is 13.0. The molecule has 1 fully saturated rings. The molecule has 1 aromatic rings. The molecule has 0 atom stereocenters. The zero-order valence-corrected chi connectivity index (χ0v) is 13.1. The van der Waals surface area contributed by atoms with Gasteiger partial charge in [-0.25, -0.2) is 5.84 Å². The molecule has 0 amide bonds. The molecule has 5 heteroatoms. The smallest absolute Gasteiger partial charge is 0.153 e. The van der Waals surface area contributed by atoms with Crippen molar-refractivity contribution in [1.82, 2.24) is 5.43 Å². The van der Waals surface area contributed by atoms with Crippen LogP contribution in [0.5, 0.6) is 0 Å². The maximum absolute atomic E-state index is 5.63. The Hall–Kier alpha value is -0.390. The van der Waals surface area contributed by atoms with Gasteiger partial charge in [-0.05, 0) is 47.3 Å². The summed E-state index contributed by atoms with van der Waals surface area (Å²) in [5.41, 5.74) is 4.00. The number of nitrogens with one attached hydrogen (secondary N) is 1. The fraction of sp³-hybridized carbons (Fsp3) is 0.615. The number of aliphatic imine (C=N–C) groups is 1. The summed E-state index contributed by atoms with van der Waals surface area (Å²) in [5, 5.41) is 0. The maximum Gasteiger partial charge on any atom is 0.153 e. The average molecular weight is 330 g/mol. The van der Waals surface area contributed by atoms with Gasteiger partial charge in [-0.1, -0.05) is 25.7 Å². The van der Waals surface area contributed by atoms with Crippen LogP contribution in [0, 0.1) is 6.92 Å². The molecule has 0 aromatic carbocycles. The number of nitrogens with zero attached hydrogens (tertiary/aromatic N) is 1. The minimum atomic E-state index is 0.430. The van der Waals surface area contributed by atoms with Crippen molar-refractivity contribution in [2.45, 2.75) is 51.5 Å². The fourth-order valence-electron chi connectivity index (χ4n) is 2.32. The Labute approximate surface area is 121 Å². The fourth-order valence-corrected chi connectivity index (χ4v) is 3.81. The first-order chi connectivity index (χ1) is 8.70. The normalized spacial score (nSPS) is 18.7. The largest absolute Gasteiger partial charge is 0.308 e. The van der Waals surface area contributed by atoms with Gasteiger partial charge in [0.05, 0.1) is 14.7 Å².